The Hall–Kier alpha value is -4.07. The van der Waals surface area contributed by atoms with Gasteiger partial charge in [0.2, 0.25) is 17.6 Å². The van der Waals surface area contributed by atoms with Gasteiger partial charge in [0.25, 0.3) is 0 Å². The Morgan fingerprint density at radius 3 is 2.24 bits per heavy atom. The van der Waals surface area contributed by atoms with Crippen LogP contribution in [0.1, 0.15) is 40.0 Å². The molecule has 42 heavy (non-hydrogen) atoms. The van der Waals surface area contributed by atoms with Gasteiger partial charge in [-0.1, -0.05) is 53.5 Å². The lowest BCUT2D eigenvalue weighted by molar-refractivity contribution is -0.123. The Labute approximate surface area is 251 Å². The van der Waals surface area contributed by atoms with E-state index in [1.165, 1.54) is 17.0 Å². The fourth-order valence-corrected chi connectivity index (χ4v) is 7.45. The molecule has 0 radical (unpaired) electrons. The monoisotopic (exact) mass is 598 g/mol. The molecular weight excluding hydrogens is 575 g/mol. The number of hydrogen-bond donors (Lipinski definition) is 0. The van der Waals surface area contributed by atoms with E-state index in [9.17, 15) is 19.2 Å². The predicted octanol–water partition coefficient (Wildman–Crippen LogP) is 6.78. The van der Waals surface area contributed by atoms with E-state index in [0.29, 0.717) is 44.7 Å². The van der Waals surface area contributed by atoms with E-state index in [1.54, 1.807) is 54.6 Å². The first-order chi connectivity index (χ1) is 20.3. The molecule has 2 heterocycles. The third kappa shape index (κ3) is 4.39. The number of halogens is 2. The number of Topliss-reactive ketones (excluding diaryl/α,β-unsaturated/α-hetero) is 1. The topological polar surface area (TPSA) is 93.6 Å². The normalized spacial score (nSPS) is 22.6. The summed E-state index contributed by atoms with van der Waals surface area (Å²) < 4.78 is 5.41. The van der Waals surface area contributed by atoms with Gasteiger partial charge >= 0.3 is 5.97 Å². The van der Waals surface area contributed by atoms with Gasteiger partial charge in [-0.05, 0) is 73.6 Å². The fourth-order valence-electron chi connectivity index (χ4n) is 6.94. The van der Waals surface area contributed by atoms with E-state index < -0.39 is 18.4 Å². The fraction of sp³-hybridized carbons (Fsp3) is 0.242. The van der Waals surface area contributed by atoms with Crippen LogP contribution < -0.4 is 4.90 Å². The maximum absolute atomic E-state index is 13.2. The third-order valence-corrected chi connectivity index (χ3v) is 9.40. The van der Waals surface area contributed by atoms with Crippen molar-refractivity contribution in [2.75, 3.05) is 11.5 Å². The van der Waals surface area contributed by atoms with Crippen molar-refractivity contribution in [3.63, 3.8) is 0 Å². The lowest BCUT2D eigenvalue weighted by Gasteiger charge is -2.19. The van der Waals surface area contributed by atoms with Crippen molar-refractivity contribution in [1.82, 2.24) is 4.98 Å². The highest BCUT2D eigenvalue weighted by Crippen LogP contribution is 2.56. The van der Waals surface area contributed by atoms with Crippen molar-refractivity contribution >= 4 is 63.4 Å². The van der Waals surface area contributed by atoms with Crippen LogP contribution in [-0.4, -0.2) is 35.2 Å². The number of benzene rings is 3. The molecule has 0 N–H and O–H groups in total. The van der Waals surface area contributed by atoms with Crippen LogP contribution in [0.4, 0.5) is 5.69 Å². The van der Waals surface area contributed by atoms with E-state index in [-0.39, 0.29) is 39.8 Å². The van der Waals surface area contributed by atoms with E-state index in [1.807, 2.05) is 6.07 Å². The van der Waals surface area contributed by atoms with Crippen LogP contribution in [-0.2, 0) is 14.3 Å². The molecule has 7 rings (SSSR count). The number of amides is 2. The number of imide groups is 1. The summed E-state index contributed by atoms with van der Waals surface area (Å²) in [4.78, 5) is 58.5. The number of ether oxygens (including phenoxy) is 1. The zero-order chi connectivity index (χ0) is 29.1. The van der Waals surface area contributed by atoms with Crippen LogP contribution >= 0.6 is 23.2 Å². The average Bonchev–Trinajstić information content (AvgIpc) is 3.68. The number of anilines is 1. The number of hydrogen-bond acceptors (Lipinski definition) is 6. The van der Waals surface area contributed by atoms with Crippen molar-refractivity contribution in [2.24, 2.45) is 23.7 Å². The number of nitrogens with zero attached hydrogens (tertiary/aromatic N) is 2. The Balaban J connectivity index is 1.15. The third-order valence-electron chi connectivity index (χ3n) is 8.85. The highest BCUT2D eigenvalue weighted by atomic mass is 35.5. The van der Waals surface area contributed by atoms with E-state index >= 15 is 0 Å². The zero-order valence-electron chi connectivity index (χ0n) is 22.3. The van der Waals surface area contributed by atoms with Crippen LogP contribution in [0.5, 0.6) is 0 Å². The van der Waals surface area contributed by atoms with Crippen molar-refractivity contribution in [2.45, 2.75) is 19.3 Å². The smallest absolute Gasteiger partial charge is 0.339 e. The summed E-state index contributed by atoms with van der Waals surface area (Å²) in [5.74, 6) is -1.05. The highest BCUT2D eigenvalue weighted by molar-refractivity contribution is 6.37. The van der Waals surface area contributed by atoms with Gasteiger partial charge in [0, 0.05) is 21.5 Å². The predicted molar refractivity (Wildman–Crippen MR) is 159 cm³/mol. The van der Waals surface area contributed by atoms with Gasteiger partial charge in [-0.15, -0.1) is 0 Å². The van der Waals surface area contributed by atoms with Crippen molar-refractivity contribution in [3.8, 4) is 11.3 Å². The molecular formula is C33H24Cl2N2O5. The molecule has 1 saturated heterocycles. The second-order valence-corrected chi connectivity index (χ2v) is 12.0. The summed E-state index contributed by atoms with van der Waals surface area (Å²) in [6.07, 6.45) is 3.04. The average molecular weight is 599 g/mol. The number of carbonyl (C=O) groups excluding carboxylic acids is 4. The number of ketones is 1. The Morgan fingerprint density at radius 1 is 0.857 bits per heavy atom. The van der Waals surface area contributed by atoms with Gasteiger partial charge in [-0.2, -0.15) is 0 Å². The number of fused-ring (bicyclic) bond motifs is 6. The Bertz CT molecular complexity index is 1780. The van der Waals surface area contributed by atoms with Crippen molar-refractivity contribution < 1.29 is 23.9 Å². The lowest BCUT2D eigenvalue weighted by Crippen LogP contribution is -2.32. The minimum Gasteiger partial charge on any atom is -0.454 e. The lowest BCUT2D eigenvalue weighted by atomic mass is 9.81. The Morgan fingerprint density at radius 2 is 1.55 bits per heavy atom. The number of rotatable bonds is 6. The first-order valence-corrected chi connectivity index (χ1v) is 14.6. The second kappa shape index (κ2) is 10.3. The molecule has 2 saturated carbocycles. The molecule has 9 heteroatoms. The molecule has 210 valence electrons. The van der Waals surface area contributed by atoms with Crippen LogP contribution in [0.2, 0.25) is 10.0 Å². The first-order valence-electron chi connectivity index (χ1n) is 13.8. The minimum atomic E-state index is -0.681. The zero-order valence-corrected chi connectivity index (χ0v) is 23.8. The van der Waals surface area contributed by atoms with Crippen molar-refractivity contribution in [3.05, 3.63) is 94.0 Å². The summed E-state index contributed by atoms with van der Waals surface area (Å²) in [6, 6.07) is 20.3. The number of aromatic nitrogens is 1. The van der Waals surface area contributed by atoms with E-state index in [0.717, 1.165) is 19.3 Å². The van der Waals surface area contributed by atoms with E-state index in [4.69, 9.17) is 32.9 Å². The number of para-hydroxylation sites is 1. The molecule has 0 spiro atoms. The summed E-state index contributed by atoms with van der Waals surface area (Å²) in [5, 5.41) is 1.15. The molecule has 4 atom stereocenters. The van der Waals surface area contributed by atoms with Crippen LogP contribution in [0.25, 0.3) is 22.2 Å². The molecule has 0 unspecified atom stereocenters. The van der Waals surface area contributed by atoms with Gasteiger partial charge in [0.1, 0.15) is 0 Å². The van der Waals surface area contributed by atoms with Gasteiger partial charge in [0.15, 0.2) is 6.61 Å². The standard InChI is InChI=1S/C33H24Cl2N2O5/c34-20-9-12-23(25(35)14-20)28(38)16-42-33(41)24-15-27(36-26-4-2-1-3-22(24)26)17-7-10-21(11-8-17)37-31(39)29-18-5-6-19(13-18)30(29)32(37)40/h1-4,7-12,14-15,18-19,29-30H,5-6,13,16H2/t18-,19+,29-,30-/m0/s1. The summed E-state index contributed by atoms with van der Waals surface area (Å²) >= 11 is 12.1. The molecule has 3 fully saturated rings. The minimum absolute atomic E-state index is 0.0896. The summed E-state index contributed by atoms with van der Waals surface area (Å²) in [6.45, 7) is -0.498. The quantitative estimate of drug-likeness (QED) is 0.138. The Kier molecular flexibility index (Phi) is 6.59. The molecule has 2 amide bonds. The first kappa shape index (κ1) is 26.8. The molecule has 2 bridgehead atoms. The number of carbonyl (C=O) groups is 4. The molecule has 2 aliphatic carbocycles. The maximum Gasteiger partial charge on any atom is 0.339 e. The molecule has 1 aromatic heterocycles. The molecule has 3 aliphatic rings. The van der Waals surface area contributed by atoms with Gasteiger partial charge in [0.05, 0.1) is 39.3 Å². The van der Waals surface area contributed by atoms with Crippen LogP contribution in [0, 0.1) is 23.7 Å². The SMILES string of the molecule is O=C(COC(=O)c1cc(-c2ccc(N3C(=O)[C@H]4[C@@H]5CC[C@@H](C5)[C@@H]4C3=O)cc2)nc2ccccc12)c1ccc(Cl)cc1Cl. The molecule has 1 aliphatic heterocycles. The van der Waals surface area contributed by atoms with Gasteiger partial charge < -0.3 is 4.74 Å². The molecule has 4 aromatic rings. The van der Waals surface area contributed by atoms with Gasteiger partial charge in [-0.3, -0.25) is 19.3 Å². The van der Waals surface area contributed by atoms with Gasteiger partial charge in [-0.25, -0.2) is 9.78 Å². The maximum atomic E-state index is 13.2. The highest BCUT2D eigenvalue weighted by Gasteiger charge is 2.61. The second-order valence-electron chi connectivity index (χ2n) is 11.1. The largest absolute Gasteiger partial charge is 0.454 e. The number of esters is 1. The van der Waals surface area contributed by atoms with E-state index in [2.05, 4.69) is 0 Å². The van der Waals surface area contributed by atoms with Crippen LogP contribution in [0.15, 0.2) is 72.8 Å². The number of pyridine rings is 1. The summed E-state index contributed by atoms with van der Waals surface area (Å²) in [7, 11) is 0. The van der Waals surface area contributed by atoms with Crippen LogP contribution in [0.3, 0.4) is 0 Å². The van der Waals surface area contributed by atoms with Crippen molar-refractivity contribution in [1.29, 1.82) is 0 Å². The summed E-state index contributed by atoms with van der Waals surface area (Å²) in [5.41, 5.74) is 2.78. The molecule has 7 nitrogen and oxygen atoms in total. The molecule has 3 aromatic carbocycles.